The number of hydrogen-bond acceptors (Lipinski definition) is 5. The maximum Gasteiger partial charge on any atom is 0.218 e. The highest BCUT2D eigenvalue weighted by atomic mass is 16.5. The van der Waals surface area contributed by atoms with Crippen molar-refractivity contribution >= 4 is 5.91 Å². The van der Waals surface area contributed by atoms with Crippen LogP contribution in [0.2, 0.25) is 0 Å². The van der Waals surface area contributed by atoms with E-state index in [9.17, 15) is 9.90 Å². The fraction of sp³-hybridized carbons (Fsp3) is 0.680. The molecule has 1 aromatic rings. The Morgan fingerprint density at radius 2 is 2.16 bits per heavy atom. The SMILES string of the molecule is C/C=C/C[C@H](NC(C)=O)[C@H](O)CN[C@H]1CC2(CCC2)Oc2ncc(CC(C)(C)C)cc21. The molecule has 2 heterocycles. The number of carbonyl (C=O) groups excluding carboxylic acids is 1. The molecule has 0 aromatic carbocycles. The number of allylic oxidation sites excluding steroid dienone is 1. The van der Waals surface area contributed by atoms with Gasteiger partial charge < -0.3 is 20.5 Å². The van der Waals surface area contributed by atoms with Gasteiger partial charge in [-0.05, 0) is 56.1 Å². The van der Waals surface area contributed by atoms with E-state index >= 15 is 0 Å². The summed E-state index contributed by atoms with van der Waals surface area (Å²) in [5.41, 5.74) is 2.33. The molecule has 1 aliphatic carbocycles. The van der Waals surface area contributed by atoms with Crippen LogP contribution in [0.15, 0.2) is 24.4 Å². The van der Waals surface area contributed by atoms with E-state index in [2.05, 4.69) is 42.5 Å². The molecule has 0 saturated heterocycles. The third-order valence-corrected chi connectivity index (χ3v) is 6.25. The molecule has 0 unspecified atom stereocenters. The van der Waals surface area contributed by atoms with Crippen LogP contribution in [0.4, 0.5) is 0 Å². The summed E-state index contributed by atoms with van der Waals surface area (Å²) in [6, 6.07) is 1.98. The second-order valence-corrected chi connectivity index (χ2v) is 10.5. The van der Waals surface area contributed by atoms with Gasteiger partial charge in [0.2, 0.25) is 11.8 Å². The van der Waals surface area contributed by atoms with E-state index < -0.39 is 6.10 Å². The summed E-state index contributed by atoms with van der Waals surface area (Å²) in [6.45, 7) is 10.5. The second-order valence-electron chi connectivity index (χ2n) is 10.5. The fourth-order valence-corrected chi connectivity index (χ4v) is 4.61. The highest BCUT2D eigenvalue weighted by Gasteiger charge is 2.46. The number of nitrogens with one attached hydrogen (secondary N) is 2. The largest absolute Gasteiger partial charge is 0.471 e. The summed E-state index contributed by atoms with van der Waals surface area (Å²) in [5, 5.41) is 17.3. The zero-order valence-electron chi connectivity index (χ0n) is 19.7. The Morgan fingerprint density at radius 1 is 1.42 bits per heavy atom. The molecule has 172 valence electrons. The molecule has 6 heteroatoms. The van der Waals surface area contributed by atoms with E-state index in [4.69, 9.17) is 4.74 Å². The van der Waals surface area contributed by atoms with Gasteiger partial charge in [-0.3, -0.25) is 4.79 Å². The third kappa shape index (κ3) is 6.30. The Morgan fingerprint density at radius 3 is 2.74 bits per heavy atom. The van der Waals surface area contributed by atoms with Crippen LogP contribution in [0, 0.1) is 5.41 Å². The highest BCUT2D eigenvalue weighted by molar-refractivity contribution is 5.73. The molecule has 0 radical (unpaired) electrons. The molecule has 1 amide bonds. The van der Waals surface area contributed by atoms with Crippen molar-refractivity contribution in [3.63, 3.8) is 0 Å². The van der Waals surface area contributed by atoms with Gasteiger partial charge >= 0.3 is 0 Å². The van der Waals surface area contributed by atoms with Gasteiger partial charge in [0.25, 0.3) is 0 Å². The van der Waals surface area contributed by atoms with Crippen molar-refractivity contribution in [2.75, 3.05) is 6.54 Å². The number of aliphatic hydroxyl groups excluding tert-OH is 1. The first-order valence-corrected chi connectivity index (χ1v) is 11.6. The monoisotopic (exact) mass is 429 g/mol. The number of aliphatic hydroxyl groups is 1. The summed E-state index contributed by atoms with van der Waals surface area (Å²) in [5.74, 6) is 0.595. The van der Waals surface area contributed by atoms with E-state index in [0.717, 1.165) is 37.1 Å². The minimum atomic E-state index is -0.686. The number of pyridine rings is 1. The number of fused-ring (bicyclic) bond motifs is 1. The van der Waals surface area contributed by atoms with E-state index in [-0.39, 0.29) is 29.0 Å². The molecule has 31 heavy (non-hydrogen) atoms. The number of nitrogens with zero attached hydrogens (tertiary/aromatic N) is 1. The van der Waals surface area contributed by atoms with E-state index in [0.29, 0.717) is 13.0 Å². The molecular formula is C25H39N3O3. The predicted molar refractivity (Wildman–Crippen MR) is 123 cm³/mol. The van der Waals surface area contributed by atoms with Gasteiger partial charge in [-0.15, -0.1) is 0 Å². The normalized spacial score (nSPS) is 21.8. The van der Waals surface area contributed by atoms with Gasteiger partial charge in [0.05, 0.1) is 12.1 Å². The average Bonchev–Trinajstić information content (AvgIpc) is 2.66. The van der Waals surface area contributed by atoms with Crippen LogP contribution in [0.1, 0.15) is 83.9 Å². The van der Waals surface area contributed by atoms with Crippen molar-refractivity contribution in [2.45, 2.75) is 96.9 Å². The summed E-state index contributed by atoms with van der Waals surface area (Å²) in [7, 11) is 0. The third-order valence-electron chi connectivity index (χ3n) is 6.25. The van der Waals surface area contributed by atoms with Gasteiger partial charge in [-0.2, -0.15) is 0 Å². The summed E-state index contributed by atoms with van der Waals surface area (Å²) in [4.78, 5) is 16.3. The van der Waals surface area contributed by atoms with Crippen LogP contribution in [0.5, 0.6) is 5.88 Å². The topological polar surface area (TPSA) is 83.5 Å². The molecule has 1 aliphatic heterocycles. The molecule has 1 saturated carbocycles. The van der Waals surface area contributed by atoms with Crippen molar-refractivity contribution in [1.29, 1.82) is 0 Å². The van der Waals surface area contributed by atoms with E-state index in [1.54, 1.807) is 0 Å². The molecule has 1 spiro atoms. The van der Waals surface area contributed by atoms with Crippen LogP contribution in [0.25, 0.3) is 0 Å². The minimum Gasteiger partial charge on any atom is -0.471 e. The zero-order valence-corrected chi connectivity index (χ0v) is 19.7. The van der Waals surface area contributed by atoms with Gasteiger partial charge in [-0.25, -0.2) is 4.98 Å². The quantitative estimate of drug-likeness (QED) is 0.547. The molecule has 2 aliphatic rings. The molecule has 6 nitrogen and oxygen atoms in total. The lowest BCUT2D eigenvalue weighted by Gasteiger charge is -2.47. The molecule has 3 N–H and O–H groups in total. The van der Waals surface area contributed by atoms with Crippen molar-refractivity contribution in [3.8, 4) is 5.88 Å². The first-order chi connectivity index (χ1) is 14.6. The van der Waals surface area contributed by atoms with Crippen molar-refractivity contribution < 1.29 is 14.6 Å². The number of carbonyl (C=O) groups is 1. The Bertz CT molecular complexity index is 796. The van der Waals surface area contributed by atoms with Gasteiger partial charge in [0.1, 0.15) is 5.60 Å². The van der Waals surface area contributed by atoms with Gasteiger partial charge in [-0.1, -0.05) is 32.9 Å². The molecular weight excluding hydrogens is 390 g/mol. The van der Waals surface area contributed by atoms with Gasteiger partial charge in [0.15, 0.2) is 0 Å². The first-order valence-electron chi connectivity index (χ1n) is 11.6. The number of rotatable bonds is 8. The molecule has 0 bridgehead atoms. The standard InChI is InChI=1S/C25H39N3O3/c1-6-7-9-20(28-17(2)29)22(30)16-26-21-14-25(10-8-11-25)31-23-19(21)12-18(15-27-23)13-24(3,4)5/h6-7,12,15,20-22,26,30H,8-11,13-14,16H2,1-5H3,(H,28,29)/b7-6+/t20-,21-,22+/m0/s1. The van der Waals surface area contributed by atoms with Gasteiger partial charge in [0, 0.05) is 37.7 Å². The first kappa shape index (κ1) is 23.7. The summed E-state index contributed by atoms with van der Waals surface area (Å²) >= 11 is 0. The van der Waals surface area contributed by atoms with E-state index in [1.165, 1.54) is 18.9 Å². The van der Waals surface area contributed by atoms with Crippen molar-refractivity contribution in [1.82, 2.24) is 15.6 Å². The lowest BCUT2D eigenvalue weighted by atomic mass is 9.73. The maximum atomic E-state index is 11.6. The lowest BCUT2D eigenvalue weighted by molar-refractivity contribution is -0.120. The number of hydrogen-bond donors (Lipinski definition) is 3. The van der Waals surface area contributed by atoms with Crippen LogP contribution in [-0.2, 0) is 11.2 Å². The number of amides is 1. The summed E-state index contributed by atoms with van der Waals surface area (Å²) in [6.07, 6.45) is 10.9. The molecule has 3 atom stereocenters. The second kappa shape index (κ2) is 9.70. The minimum absolute atomic E-state index is 0.0748. The smallest absolute Gasteiger partial charge is 0.218 e. The van der Waals surface area contributed by atoms with Crippen LogP contribution in [-0.4, -0.2) is 40.3 Å². The van der Waals surface area contributed by atoms with Crippen molar-refractivity contribution in [3.05, 3.63) is 35.5 Å². The Balaban J connectivity index is 1.76. The van der Waals surface area contributed by atoms with Crippen LogP contribution < -0.4 is 15.4 Å². The lowest BCUT2D eigenvalue weighted by Crippen LogP contribution is -2.51. The highest BCUT2D eigenvalue weighted by Crippen LogP contribution is 2.48. The van der Waals surface area contributed by atoms with Crippen LogP contribution >= 0.6 is 0 Å². The Hall–Kier alpha value is -1.92. The Kier molecular flexibility index (Phi) is 7.43. The molecule has 3 rings (SSSR count). The molecule has 1 fully saturated rings. The van der Waals surface area contributed by atoms with Crippen LogP contribution in [0.3, 0.4) is 0 Å². The fourth-order valence-electron chi connectivity index (χ4n) is 4.61. The predicted octanol–water partition coefficient (Wildman–Crippen LogP) is 3.84. The summed E-state index contributed by atoms with van der Waals surface area (Å²) < 4.78 is 6.35. The average molecular weight is 430 g/mol. The number of aromatic nitrogens is 1. The molecule has 1 aromatic heterocycles. The number of ether oxygens (including phenoxy) is 1. The Labute approximate surface area is 186 Å². The maximum absolute atomic E-state index is 11.6. The van der Waals surface area contributed by atoms with E-state index in [1.807, 2.05) is 25.3 Å². The van der Waals surface area contributed by atoms with Crippen molar-refractivity contribution in [2.24, 2.45) is 5.41 Å². The zero-order chi connectivity index (χ0) is 22.6.